The summed E-state index contributed by atoms with van der Waals surface area (Å²) in [6.07, 6.45) is 3.17. The van der Waals surface area contributed by atoms with E-state index in [-0.39, 0.29) is 5.60 Å². The molecule has 0 aliphatic carbocycles. The molecular formula is C17H18O. The minimum absolute atomic E-state index is 0.0737. The van der Waals surface area contributed by atoms with E-state index in [2.05, 4.69) is 55.5 Å². The number of fused-ring (bicyclic) bond motifs is 1. The number of aryl methyl sites for hydroxylation is 1. The van der Waals surface area contributed by atoms with Crippen LogP contribution in [0, 0.1) is 0 Å². The number of ether oxygens (including phenoxy) is 1. The molecule has 0 unspecified atom stereocenters. The van der Waals surface area contributed by atoms with E-state index in [0.717, 1.165) is 25.0 Å². The van der Waals surface area contributed by atoms with Crippen LogP contribution in [0.25, 0.3) is 0 Å². The van der Waals surface area contributed by atoms with Gasteiger partial charge in [-0.05, 0) is 37.0 Å². The minimum Gasteiger partial charge on any atom is -0.487 e. The van der Waals surface area contributed by atoms with Gasteiger partial charge in [0.1, 0.15) is 11.4 Å². The standard InChI is InChI=1S/C17H18O/c1-17(13-14-7-3-2-4-8-14)12-11-15-9-5-6-10-16(15)18-17/h2-10H,11-13H2,1H3/t17-/m1/s1. The number of hydrogen-bond donors (Lipinski definition) is 0. The molecule has 1 heterocycles. The summed E-state index contributed by atoms with van der Waals surface area (Å²) in [5, 5.41) is 0. The van der Waals surface area contributed by atoms with Gasteiger partial charge in [0.2, 0.25) is 0 Å². The van der Waals surface area contributed by atoms with Crippen molar-refractivity contribution in [2.45, 2.75) is 31.8 Å². The normalized spacial score (nSPS) is 22.1. The van der Waals surface area contributed by atoms with Crippen molar-refractivity contribution in [3.8, 4) is 5.75 Å². The second-order valence-electron chi connectivity index (χ2n) is 5.32. The van der Waals surface area contributed by atoms with Crippen LogP contribution in [-0.2, 0) is 12.8 Å². The molecule has 92 valence electrons. The van der Waals surface area contributed by atoms with Gasteiger partial charge in [0.05, 0.1) is 0 Å². The number of rotatable bonds is 2. The lowest BCUT2D eigenvalue weighted by Crippen LogP contribution is -2.38. The molecule has 0 fully saturated rings. The first-order chi connectivity index (χ1) is 8.75. The van der Waals surface area contributed by atoms with Gasteiger partial charge in [-0.2, -0.15) is 0 Å². The average Bonchev–Trinajstić information content (AvgIpc) is 2.39. The smallest absolute Gasteiger partial charge is 0.123 e. The van der Waals surface area contributed by atoms with Crippen LogP contribution >= 0.6 is 0 Å². The molecule has 0 amide bonds. The molecule has 1 aliphatic rings. The molecule has 0 saturated heterocycles. The fourth-order valence-electron chi connectivity index (χ4n) is 2.68. The third-order valence-corrected chi connectivity index (χ3v) is 3.67. The number of hydrogen-bond acceptors (Lipinski definition) is 1. The fraction of sp³-hybridized carbons (Fsp3) is 0.294. The minimum atomic E-state index is -0.0737. The highest BCUT2D eigenvalue weighted by Crippen LogP contribution is 2.34. The monoisotopic (exact) mass is 238 g/mol. The molecule has 0 bridgehead atoms. The maximum absolute atomic E-state index is 6.22. The summed E-state index contributed by atoms with van der Waals surface area (Å²) in [7, 11) is 0. The predicted octanol–water partition coefficient (Wildman–Crippen LogP) is 4.01. The summed E-state index contributed by atoms with van der Waals surface area (Å²) in [4.78, 5) is 0. The van der Waals surface area contributed by atoms with E-state index < -0.39 is 0 Å². The molecule has 0 aromatic heterocycles. The molecule has 1 atom stereocenters. The van der Waals surface area contributed by atoms with Crippen LogP contribution < -0.4 is 4.74 Å². The van der Waals surface area contributed by atoms with Gasteiger partial charge in [-0.25, -0.2) is 0 Å². The van der Waals surface area contributed by atoms with Crippen LogP contribution in [0.1, 0.15) is 24.5 Å². The Morgan fingerprint density at radius 1 is 1.00 bits per heavy atom. The molecule has 1 heteroatoms. The lowest BCUT2D eigenvalue weighted by molar-refractivity contribution is 0.0654. The van der Waals surface area contributed by atoms with Gasteiger partial charge < -0.3 is 4.74 Å². The first kappa shape index (κ1) is 11.3. The van der Waals surface area contributed by atoms with Crippen LogP contribution in [-0.4, -0.2) is 5.60 Å². The van der Waals surface area contributed by atoms with E-state index in [1.54, 1.807) is 0 Å². The van der Waals surface area contributed by atoms with Gasteiger partial charge >= 0.3 is 0 Å². The second kappa shape index (κ2) is 4.49. The number of para-hydroxylation sites is 1. The van der Waals surface area contributed by atoms with Crippen molar-refractivity contribution in [2.75, 3.05) is 0 Å². The lowest BCUT2D eigenvalue weighted by Gasteiger charge is -2.36. The lowest BCUT2D eigenvalue weighted by atomic mass is 9.87. The molecular weight excluding hydrogens is 220 g/mol. The van der Waals surface area contributed by atoms with Crippen LogP contribution in [0.15, 0.2) is 54.6 Å². The summed E-state index contributed by atoms with van der Waals surface area (Å²) in [6.45, 7) is 2.22. The van der Waals surface area contributed by atoms with Crippen LogP contribution in [0.5, 0.6) is 5.75 Å². The van der Waals surface area contributed by atoms with Crippen molar-refractivity contribution in [2.24, 2.45) is 0 Å². The maximum Gasteiger partial charge on any atom is 0.123 e. The Kier molecular flexibility index (Phi) is 2.83. The topological polar surface area (TPSA) is 9.23 Å². The zero-order chi connectivity index (χ0) is 12.4. The van der Waals surface area contributed by atoms with Crippen molar-refractivity contribution in [1.29, 1.82) is 0 Å². The van der Waals surface area contributed by atoms with E-state index in [9.17, 15) is 0 Å². The highest BCUT2D eigenvalue weighted by atomic mass is 16.5. The average molecular weight is 238 g/mol. The van der Waals surface area contributed by atoms with Crippen molar-refractivity contribution >= 4 is 0 Å². The zero-order valence-corrected chi connectivity index (χ0v) is 10.7. The van der Waals surface area contributed by atoms with Crippen molar-refractivity contribution < 1.29 is 4.74 Å². The van der Waals surface area contributed by atoms with Crippen LogP contribution in [0.4, 0.5) is 0 Å². The quantitative estimate of drug-likeness (QED) is 0.768. The van der Waals surface area contributed by atoms with Gasteiger partial charge in [0, 0.05) is 6.42 Å². The predicted molar refractivity (Wildman–Crippen MR) is 73.9 cm³/mol. The maximum atomic E-state index is 6.22. The third-order valence-electron chi connectivity index (χ3n) is 3.67. The highest BCUT2D eigenvalue weighted by Gasteiger charge is 2.31. The summed E-state index contributed by atoms with van der Waals surface area (Å²) in [5.41, 5.74) is 2.61. The Morgan fingerprint density at radius 2 is 1.72 bits per heavy atom. The van der Waals surface area contributed by atoms with Crippen molar-refractivity contribution in [1.82, 2.24) is 0 Å². The molecule has 0 spiro atoms. The Bertz CT molecular complexity index is 532. The second-order valence-corrected chi connectivity index (χ2v) is 5.32. The molecule has 2 aromatic rings. The SMILES string of the molecule is C[C@]1(Cc2ccccc2)CCc2ccccc2O1. The highest BCUT2D eigenvalue weighted by molar-refractivity contribution is 5.36. The van der Waals surface area contributed by atoms with E-state index in [1.807, 2.05) is 6.07 Å². The van der Waals surface area contributed by atoms with E-state index in [4.69, 9.17) is 4.74 Å². The number of benzene rings is 2. The van der Waals surface area contributed by atoms with Crippen molar-refractivity contribution in [3.05, 3.63) is 65.7 Å². The summed E-state index contributed by atoms with van der Waals surface area (Å²) in [5.74, 6) is 1.06. The molecule has 1 nitrogen and oxygen atoms in total. The van der Waals surface area contributed by atoms with Gasteiger partial charge in [-0.1, -0.05) is 48.5 Å². The molecule has 1 aliphatic heterocycles. The Balaban J connectivity index is 1.82. The first-order valence-corrected chi connectivity index (χ1v) is 6.56. The van der Waals surface area contributed by atoms with Gasteiger partial charge in [0.25, 0.3) is 0 Å². The Morgan fingerprint density at radius 3 is 2.56 bits per heavy atom. The van der Waals surface area contributed by atoms with Gasteiger partial charge in [0.15, 0.2) is 0 Å². The Hall–Kier alpha value is -1.76. The summed E-state index contributed by atoms with van der Waals surface area (Å²) < 4.78 is 6.22. The molecule has 0 saturated carbocycles. The molecule has 0 N–H and O–H groups in total. The first-order valence-electron chi connectivity index (χ1n) is 6.56. The van der Waals surface area contributed by atoms with Gasteiger partial charge in [-0.15, -0.1) is 0 Å². The molecule has 0 radical (unpaired) electrons. The van der Waals surface area contributed by atoms with Gasteiger partial charge in [-0.3, -0.25) is 0 Å². The molecule has 2 aromatic carbocycles. The zero-order valence-electron chi connectivity index (χ0n) is 10.7. The third kappa shape index (κ3) is 2.26. The largest absolute Gasteiger partial charge is 0.487 e. The molecule has 3 rings (SSSR count). The van der Waals surface area contributed by atoms with Crippen LogP contribution in [0.3, 0.4) is 0 Å². The fourth-order valence-corrected chi connectivity index (χ4v) is 2.68. The van der Waals surface area contributed by atoms with E-state index in [0.29, 0.717) is 0 Å². The summed E-state index contributed by atoms with van der Waals surface area (Å²) >= 11 is 0. The van der Waals surface area contributed by atoms with Crippen molar-refractivity contribution in [3.63, 3.8) is 0 Å². The van der Waals surface area contributed by atoms with E-state index in [1.165, 1.54) is 11.1 Å². The van der Waals surface area contributed by atoms with Crippen LogP contribution in [0.2, 0.25) is 0 Å². The summed E-state index contributed by atoms with van der Waals surface area (Å²) in [6, 6.07) is 19.0. The Labute approximate surface area is 108 Å². The molecule has 18 heavy (non-hydrogen) atoms. The van der Waals surface area contributed by atoms with E-state index >= 15 is 0 Å².